The van der Waals surface area contributed by atoms with Gasteiger partial charge in [0.25, 0.3) is 11.8 Å². The predicted molar refractivity (Wildman–Crippen MR) is 425 cm³/mol. The van der Waals surface area contributed by atoms with Crippen molar-refractivity contribution in [3.8, 4) is 0 Å². The largest absolute Gasteiger partial charge is 0.464 e. The molecule has 6 aromatic rings. The van der Waals surface area contributed by atoms with E-state index in [0.29, 0.717) is 117 Å². The Morgan fingerprint density at radius 2 is 0.963 bits per heavy atom. The van der Waals surface area contributed by atoms with Crippen molar-refractivity contribution in [1.29, 1.82) is 0 Å². The number of ether oxygens (including phenoxy) is 6. The summed E-state index contributed by atoms with van der Waals surface area (Å²) in [5.74, 6) is -2.35. The van der Waals surface area contributed by atoms with Gasteiger partial charge in [-0.15, -0.1) is 0 Å². The lowest BCUT2D eigenvalue weighted by Gasteiger charge is -2.31. The van der Waals surface area contributed by atoms with Crippen LogP contribution in [0.4, 0.5) is 34.9 Å². The molecule has 4 heterocycles. The van der Waals surface area contributed by atoms with Crippen molar-refractivity contribution in [3.63, 3.8) is 0 Å². The number of hydrogen-bond acceptors (Lipinski definition) is 28. The summed E-state index contributed by atoms with van der Waals surface area (Å²) in [7, 11) is 0.629. The Kier molecular flexibility index (Phi) is 36.3. The zero-order chi connectivity index (χ0) is 78.8. The first kappa shape index (κ1) is 88.0. The summed E-state index contributed by atoms with van der Waals surface area (Å²) in [5, 5.41) is 11.7. The SMILES string of the molecule is CC(COC(C)(C)CCN(CCCCCNC(=O)CC[C@H](NC(=O)c1ccc(N(C)Cc2cnc3nc(N)nc(N)c3n2)cc1)C(=O)OCC[Si](C)(C)C)CCCCCNC(=O)CC[C@H](NC(=O)c1ccc(N(C)Cc2cnc3nc(N)nc(N)c3n2)cc1)C(=O)OCC[Si](C)(C)C)OCCOCCOCCN. The van der Waals surface area contributed by atoms with Crippen LogP contribution in [0.3, 0.4) is 0 Å². The molecule has 0 spiro atoms. The van der Waals surface area contributed by atoms with Gasteiger partial charge in [-0.1, -0.05) is 52.1 Å². The van der Waals surface area contributed by atoms with Crippen LogP contribution in [0.1, 0.15) is 124 Å². The van der Waals surface area contributed by atoms with Crippen molar-refractivity contribution >= 4 is 109 Å². The van der Waals surface area contributed by atoms with Crippen molar-refractivity contribution in [2.24, 2.45) is 5.73 Å². The van der Waals surface area contributed by atoms with Crippen molar-refractivity contribution in [2.75, 3.05) is 139 Å². The number of aromatic nitrogens is 8. The molecule has 0 fully saturated rings. The third-order valence-electron chi connectivity index (χ3n) is 17.6. The average molecular weight is 1540 g/mol. The minimum absolute atomic E-state index is 0.00763. The van der Waals surface area contributed by atoms with Crippen molar-refractivity contribution in [3.05, 3.63) is 83.4 Å². The Balaban J connectivity index is 0.967. The van der Waals surface area contributed by atoms with Crippen LogP contribution in [0.2, 0.25) is 51.4 Å². The van der Waals surface area contributed by atoms with Gasteiger partial charge < -0.3 is 93.1 Å². The standard InChI is InChI=1S/C74H118N20O12Si2/c1-51(103-41-40-102-39-38-101-37-31-75)50-106-74(2,3)30-36-94(34-16-12-14-32-80-60(95)28-26-58(70(99)104-42-44-107(6,7)8)86-68(97)52-18-22-56(23-19-52)92(4)48-54-46-82-66-62(84-54)64(76)88-72(78)90-66)35-17-13-15-33-81-61(96)29-27-59(71(100)105-43-45-108(9,10)11)87-69(98)53-20-24-57(25-21-53)93(5)49-55-47-83-67-63(85-55)65(77)89-73(79)91-67/h18-25,46-47,51,58-59H,12-17,26-45,48-50,75H2,1-11H3,(H,80,95)(H,81,96)(H,86,97)(H,87,98)(H4,76,78,82,88,90)(H4,77,79,83,89,91)/t51?,58-,59-/m0/s1. The van der Waals surface area contributed by atoms with Crippen LogP contribution < -0.4 is 59.7 Å². The maximum absolute atomic E-state index is 13.7. The van der Waals surface area contributed by atoms with Crippen molar-refractivity contribution < 1.29 is 57.2 Å². The highest BCUT2D eigenvalue weighted by Crippen LogP contribution is 2.24. The Hall–Kier alpha value is -8.91. The molecular weight excluding hydrogens is 1420 g/mol. The molecule has 0 aliphatic carbocycles. The van der Waals surface area contributed by atoms with E-state index >= 15 is 0 Å². The van der Waals surface area contributed by atoms with Gasteiger partial charge in [0.05, 0.1) is 101 Å². The van der Waals surface area contributed by atoms with Crippen molar-refractivity contribution in [1.82, 2.24) is 66.0 Å². The monoisotopic (exact) mass is 1530 g/mol. The first-order valence-electron chi connectivity index (χ1n) is 37.4. The fourth-order valence-electron chi connectivity index (χ4n) is 11.0. The quantitative estimate of drug-likeness (QED) is 0.0113. The zero-order valence-electron chi connectivity index (χ0n) is 65.2. The summed E-state index contributed by atoms with van der Waals surface area (Å²) in [6.45, 7) is 26.9. The highest BCUT2D eigenvalue weighted by molar-refractivity contribution is 6.76. The first-order valence-corrected chi connectivity index (χ1v) is 44.8. The van der Waals surface area contributed by atoms with E-state index in [-0.39, 0.29) is 80.3 Å². The number of unbranched alkanes of at least 4 members (excludes halogenated alkanes) is 4. The topological polar surface area (TPSA) is 449 Å². The number of nitrogens with one attached hydrogen (secondary N) is 4. The fourth-order valence-corrected chi connectivity index (χ4v) is 12.4. The van der Waals surface area contributed by atoms with Crippen LogP contribution in [0, 0.1) is 0 Å². The molecule has 34 heteroatoms. The maximum Gasteiger partial charge on any atom is 0.328 e. The van der Waals surface area contributed by atoms with Gasteiger partial charge in [0, 0.05) is 91.8 Å². The second-order valence-corrected chi connectivity index (χ2v) is 41.3. The molecule has 0 saturated heterocycles. The lowest BCUT2D eigenvalue weighted by Crippen LogP contribution is -2.43. The van der Waals surface area contributed by atoms with E-state index in [2.05, 4.69) is 119 Å². The van der Waals surface area contributed by atoms with Gasteiger partial charge in [0.15, 0.2) is 34.0 Å². The Labute approximate surface area is 637 Å². The number of carbonyl (C=O) groups excluding carboxylic acids is 6. The summed E-state index contributed by atoms with van der Waals surface area (Å²) in [5.41, 5.74) is 33.3. The number of nitrogens with two attached hydrogens (primary N) is 5. The summed E-state index contributed by atoms with van der Waals surface area (Å²) in [6, 6.07) is 13.2. The number of benzene rings is 2. The molecule has 4 amide bonds. The molecular formula is C74H118N20O12Si2. The third-order valence-corrected chi connectivity index (χ3v) is 21.0. The summed E-state index contributed by atoms with van der Waals surface area (Å²) in [6.07, 6.45) is 8.77. The first-order chi connectivity index (χ1) is 51.3. The molecule has 108 heavy (non-hydrogen) atoms. The number of esters is 2. The minimum atomic E-state index is -1.55. The third kappa shape index (κ3) is 32.9. The second kappa shape index (κ2) is 44.5. The van der Waals surface area contributed by atoms with Gasteiger partial charge >= 0.3 is 11.9 Å². The lowest BCUT2D eigenvalue weighted by molar-refractivity contribution is -0.146. The highest BCUT2D eigenvalue weighted by Gasteiger charge is 2.28. The Morgan fingerprint density at radius 1 is 0.537 bits per heavy atom. The van der Waals surface area contributed by atoms with E-state index in [1.807, 2.05) is 30.8 Å². The molecule has 14 N–H and O–H groups in total. The average Bonchev–Trinajstić information content (AvgIpc) is 0.812. The fraction of sp³-hybridized carbons (Fsp3) is 0.595. The molecule has 0 aliphatic rings. The number of hydrogen-bond donors (Lipinski definition) is 9. The predicted octanol–water partition coefficient (Wildman–Crippen LogP) is 6.43. The Morgan fingerprint density at radius 3 is 1.39 bits per heavy atom. The van der Waals surface area contributed by atoms with E-state index in [4.69, 9.17) is 57.1 Å². The van der Waals surface area contributed by atoms with Gasteiger partial charge in [0.2, 0.25) is 23.7 Å². The summed E-state index contributed by atoms with van der Waals surface area (Å²) >= 11 is 0. The van der Waals surface area contributed by atoms with Gasteiger partial charge in [-0.2, -0.15) is 19.9 Å². The molecule has 594 valence electrons. The minimum Gasteiger partial charge on any atom is -0.464 e. The summed E-state index contributed by atoms with van der Waals surface area (Å²) < 4.78 is 34.8. The molecule has 32 nitrogen and oxygen atoms in total. The van der Waals surface area contributed by atoms with Crippen molar-refractivity contribution in [2.45, 2.75) is 180 Å². The van der Waals surface area contributed by atoms with E-state index in [1.54, 1.807) is 60.9 Å². The summed E-state index contributed by atoms with van der Waals surface area (Å²) in [4.78, 5) is 122. The number of amides is 4. The van der Waals surface area contributed by atoms with Gasteiger partial charge in [-0.25, -0.2) is 29.5 Å². The zero-order valence-corrected chi connectivity index (χ0v) is 67.2. The van der Waals surface area contributed by atoms with E-state index in [1.165, 1.54) is 0 Å². The number of carbonyl (C=O) groups is 6. The Bertz CT molecular complexity index is 3600. The van der Waals surface area contributed by atoms with Crippen LogP contribution in [0.5, 0.6) is 0 Å². The molecule has 0 bridgehead atoms. The van der Waals surface area contributed by atoms with E-state index < -0.39 is 57.6 Å². The second-order valence-electron chi connectivity index (χ2n) is 30.1. The number of anilines is 6. The van der Waals surface area contributed by atoms with E-state index in [9.17, 15) is 28.8 Å². The smallest absolute Gasteiger partial charge is 0.328 e. The molecule has 3 atom stereocenters. The number of rotatable bonds is 51. The maximum atomic E-state index is 13.7. The van der Waals surface area contributed by atoms with Gasteiger partial charge in [-0.05, 0) is 139 Å². The molecule has 0 aliphatic heterocycles. The van der Waals surface area contributed by atoms with Crippen LogP contribution in [-0.2, 0) is 60.7 Å². The molecule has 6 rings (SSSR count). The lowest BCUT2D eigenvalue weighted by atomic mass is 10.0. The van der Waals surface area contributed by atoms with Gasteiger partial charge in [-0.3, -0.25) is 19.2 Å². The number of nitrogen functional groups attached to an aromatic ring is 4. The number of fused-ring (bicyclic) bond motifs is 2. The van der Waals surface area contributed by atoms with Crippen LogP contribution in [0.15, 0.2) is 60.9 Å². The van der Waals surface area contributed by atoms with Gasteiger partial charge in [0.1, 0.15) is 12.1 Å². The van der Waals surface area contributed by atoms with Crippen LogP contribution in [0.25, 0.3) is 22.3 Å². The van der Waals surface area contributed by atoms with Crippen LogP contribution >= 0.6 is 0 Å². The molecule has 4 aromatic heterocycles. The van der Waals surface area contributed by atoms with Crippen LogP contribution in [-0.4, -0.2) is 226 Å². The molecule has 2 aromatic carbocycles. The normalized spacial score (nSPS) is 12.7. The number of nitrogens with zero attached hydrogens (tertiary/aromatic N) is 11. The van der Waals surface area contributed by atoms with E-state index in [0.717, 1.165) is 88.0 Å². The molecule has 1 unspecified atom stereocenters. The molecule has 0 radical (unpaired) electrons. The molecule has 0 saturated carbocycles. The highest BCUT2D eigenvalue weighted by atomic mass is 28.3.